The van der Waals surface area contributed by atoms with Crippen LogP contribution in [-0.2, 0) is 0 Å². The Morgan fingerprint density at radius 1 is 1.09 bits per heavy atom. The first kappa shape index (κ1) is 18.0. The van der Waals surface area contributed by atoms with Crippen LogP contribution in [0.1, 0.15) is 80.6 Å². The van der Waals surface area contributed by atoms with Crippen LogP contribution >= 0.6 is 0 Å². The van der Waals surface area contributed by atoms with E-state index in [1.54, 1.807) is 5.57 Å². The molecule has 128 valence electrons. The van der Waals surface area contributed by atoms with E-state index in [1.165, 1.54) is 32.1 Å². The van der Waals surface area contributed by atoms with Gasteiger partial charge in [0.1, 0.15) is 0 Å². The zero-order valence-electron chi connectivity index (χ0n) is 16.3. The van der Waals surface area contributed by atoms with E-state index in [1.807, 2.05) is 0 Å². The summed E-state index contributed by atoms with van der Waals surface area (Å²) in [5.74, 6) is 1.53. The Morgan fingerprint density at radius 2 is 1.73 bits per heavy atom. The van der Waals surface area contributed by atoms with Gasteiger partial charge in [0.25, 0.3) is 0 Å². The third-order valence-electron chi connectivity index (χ3n) is 8.27. The van der Waals surface area contributed by atoms with E-state index >= 15 is 0 Å². The highest BCUT2D eigenvalue weighted by Crippen LogP contribution is 2.60. The molecule has 3 rings (SSSR count). The highest BCUT2D eigenvalue weighted by molar-refractivity contribution is 5.19. The monoisotopic (exact) mass is 305 g/mol. The van der Waals surface area contributed by atoms with Gasteiger partial charge in [0.05, 0.1) is 0 Å². The molecule has 0 spiro atoms. The van der Waals surface area contributed by atoms with Gasteiger partial charge in [-0.15, -0.1) is 0 Å². The highest BCUT2D eigenvalue weighted by atomic mass is 14.9. The second-order valence-corrected chi connectivity index (χ2v) is 9.58. The van der Waals surface area contributed by atoms with E-state index in [0.29, 0.717) is 22.3 Å². The lowest BCUT2D eigenvalue weighted by Gasteiger charge is -2.58. The van der Waals surface area contributed by atoms with Crippen LogP contribution in [0.5, 0.6) is 0 Å². The molecule has 1 N–H and O–H groups in total. The smallest absolute Gasteiger partial charge is 0.0283 e. The van der Waals surface area contributed by atoms with Crippen LogP contribution in [0.15, 0.2) is 11.6 Å². The standard InChI is InChI=1S/C21H39N/c1-9-15-12-13-19(2,3)21(6,7)20(4,5)17-11-10-16(15)14-18(17)22-8/h14-15,17-18,22H,9-13H2,1-8H3. The predicted octanol–water partition coefficient (Wildman–Crippen LogP) is 5.81. The van der Waals surface area contributed by atoms with Crippen molar-refractivity contribution in [3.05, 3.63) is 11.6 Å². The first-order valence-corrected chi connectivity index (χ1v) is 9.46. The van der Waals surface area contributed by atoms with Gasteiger partial charge in [0, 0.05) is 6.04 Å². The van der Waals surface area contributed by atoms with Gasteiger partial charge in [-0.2, -0.15) is 0 Å². The fraction of sp³-hybridized carbons (Fsp3) is 0.905. The summed E-state index contributed by atoms with van der Waals surface area (Å²) in [6, 6.07) is 0.543. The van der Waals surface area contributed by atoms with Crippen molar-refractivity contribution >= 4 is 0 Å². The minimum Gasteiger partial charge on any atom is -0.313 e. The summed E-state index contributed by atoms with van der Waals surface area (Å²) >= 11 is 0. The topological polar surface area (TPSA) is 12.0 Å². The first-order valence-electron chi connectivity index (χ1n) is 9.46. The molecule has 0 heterocycles. The predicted molar refractivity (Wildman–Crippen MR) is 98.0 cm³/mol. The fourth-order valence-corrected chi connectivity index (χ4v) is 5.20. The highest BCUT2D eigenvalue weighted by Gasteiger charge is 2.53. The number of likely N-dealkylation sites (N-methyl/N-ethyl adjacent to an activating group) is 1. The first-order chi connectivity index (χ1) is 10.1. The number of allylic oxidation sites excluding steroid dienone is 1. The lowest BCUT2D eigenvalue weighted by atomic mass is 9.47. The molecule has 3 unspecified atom stereocenters. The summed E-state index contributed by atoms with van der Waals surface area (Å²) in [4.78, 5) is 0. The van der Waals surface area contributed by atoms with Gasteiger partial charge >= 0.3 is 0 Å². The van der Waals surface area contributed by atoms with E-state index in [9.17, 15) is 0 Å². The molecule has 0 aliphatic heterocycles. The molecule has 0 amide bonds. The van der Waals surface area contributed by atoms with E-state index in [2.05, 4.69) is 66.9 Å². The SMILES string of the molecule is CCC1CCC(C)(C)C(C)(C)C(C)(C)C2CCC1=CC2NC. The Hall–Kier alpha value is -0.300. The molecule has 2 bridgehead atoms. The van der Waals surface area contributed by atoms with Crippen molar-refractivity contribution in [1.29, 1.82) is 0 Å². The van der Waals surface area contributed by atoms with Crippen LogP contribution in [0, 0.1) is 28.1 Å². The quantitative estimate of drug-likeness (QED) is 0.635. The summed E-state index contributed by atoms with van der Waals surface area (Å²) in [5.41, 5.74) is 2.76. The van der Waals surface area contributed by atoms with Crippen LogP contribution < -0.4 is 5.32 Å². The molecule has 22 heavy (non-hydrogen) atoms. The zero-order valence-corrected chi connectivity index (χ0v) is 16.3. The minimum absolute atomic E-state index is 0.320. The Kier molecular flexibility index (Phi) is 4.89. The maximum Gasteiger partial charge on any atom is 0.0283 e. The summed E-state index contributed by atoms with van der Waals surface area (Å²) in [5, 5.41) is 3.64. The van der Waals surface area contributed by atoms with Crippen LogP contribution in [0.2, 0.25) is 0 Å². The minimum atomic E-state index is 0.320. The van der Waals surface area contributed by atoms with Crippen LogP contribution in [0.4, 0.5) is 0 Å². The molecule has 1 saturated carbocycles. The van der Waals surface area contributed by atoms with E-state index in [4.69, 9.17) is 0 Å². The number of nitrogens with one attached hydrogen (secondary N) is 1. The molecular weight excluding hydrogens is 266 g/mol. The van der Waals surface area contributed by atoms with Gasteiger partial charge in [-0.05, 0) is 67.2 Å². The molecular formula is C21H39N. The molecule has 3 aliphatic carbocycles. The zero-order chi connectivity index (χ0) is 16.8. The molecule has 3 aliphatic rings. The second kappa shape index (κ2) is 5.96. The molecule has 3 atom stereocenters. The van der Waals surface area contributed by atoms with Gasteiger partial charge in [0.2, 0.25) is 0 Å². The summed E-state index contributed by atoms with van der Waals surface area (Å²) in [7, 11) is 2.15. The molecule has 0 aromatic rings. The van der Waals surface area contributed by atoms with Crippen LogP contribution in [-0.4, -0.2) is 13.1 Å². The third-order valence-corrected chi connectivity index (χ3v) is 8.27. The Morgan fingerprint density at radius 3 is 2.27 bits per heavy atom. The second-order valence-electron chi connectivity index (χ2n) is 9.58. The van der Waals surface area contributed by atoms with Gasteiger partial charge in [-0.1, -0.05) is 60.1 Å². The molecule has 1 heteroatoms. The van der Waals surface area contributed by atoms with Crippen molar-refractivity contribution in [2.45, 2.75) is 86.6 Å². The Bertz CT molecular complexity index is 427. The van der Waals surface area contributed by atoms with Crippen molar-refractivity contribution in [3.63, 3.8) is 0 Å². The van der Waals surface area contributed by atoms with Crippen molar-refractivity contribution in [3.8, 4) is 0 Å². The van der Waals surface area contributed by atoms with Gasteiger partial charge in [-0.3, -0.25) is 0 Å². The third kappa shape index (κ3) is 2.68. The molecule has 1 fully saturated rings. The number of fused-ring (bicyclic) bond motifs is 7. The number of hydrogen-bond acceptors (Lipinski definition) is 1. The summed E-state index contributed by atoms with van der Waals surface area (Å²) in [6.45, 7) is 17.5. The number of hydrogen-bond donors (Lipinski definition) is 1. The molecule has 0 radical (unpaired) electrons. The van der Waals surface area contributed by atoms with Crippen molar-refractivity contribution in [1.82, 2.24) is 5.32 Å². The van der Waals surface area contributed by atoms with Crippen LogP contribution in [0.3, 0.4) is 0 Å². The summed E-state index contributed by atoms with van der Waals surface area (Å²) < 4.78 is 0. The van der Waals surface area contributed by atoms with Gasteiger partial charge in [-0.25, -0.2) is 0 Å². The normalized spacial score (nSPS) is 36.7. The molecule has 0 aromatic carbocycles. The van der Waals surface area contributed by atoms with Crippen molar-refractivity contribution in [2.75, 3.05) is 7.05 Å². The van der Waals surface area contributed by atoms with Crippen molar-refractivity contribution in [2.24, 2.45) is 28.1 Å². The average molecular weight is 306 g/mol. The molecule has 1 nitrogen and oxygen atoms in total. The largest absolute Gasteiger partial charge is 0.313 e. The Balaban J connectivity index is 2.54. The lowest BCUT2D eigenvalue weighted by molar-refractivity contribution is -0.0762. The van der Waals surface area contributed by atoms with E-state index in [0.717, 1.165) is 11.8 Å². The van der Waals surface area contributed by atoms with E-state index in [-0.39, 0.29) is 0 Å². The van der Waals surface area contributed by atoms with Gasteiger partial charge < -0.3 is 5.32 Å². The van der Waals surface area contributed by atoms with Crippen LogP contribution in [0.25, 0.3) is 0 Å². The van der Waals surface area contributed by atoms with Gasteiger partial charge in [0.15, 0.2) is 0 Å². The van der Waals surface area contributed by atoms with Crippen molar-refractivity contribution < 1.29 is 0 Å². The maximum absolute atomic E-state index is 3.64. The molecule has 0 aromatic heterocycles. The molecule has 0 saturated heterocycles. The van der Waals surface area contributed by atoms with E-state index < -0.39 is 0 Å². The number of rotatable bonds is 2. The fourth-order valence-electron chi connectivity index (χ4n) is 5.20. The Labute approximate surface area is 139 Å². The maximum atomic E-state index is 3.64. The lowest BCUT2D eigenvalue weighted by Crippen LogP contribution is -2.54. The summed E-state index contributed by atoms with van der Waals surface area (Å²) in [6.07, 6.45) is 9.28. The average Bonchev–Trinajstić information content (AvgIpc) is 2.46.